The molecule has 8 nitrogen and oxygen atoms in total. The van der Waals surface area contributed by atoms with Crippen molar-refractivity contribution in [3.05, 3.63) is 12.2 Å². The molecule has 0 heterocycles. The monoisotopic (exact) mass is 576 g/mol. The third-order valence-corrected chi connectivity index (χ3v) is 7.85. The quantitative estimate of drug-likeness (QED) is 0.0417. The molecule has 0 rings (SSSR count). The Labute approximate surface area is 239 Å². The molecule has 0 aromatic heterocycles. The van der Waals surface area contributed by atoms with Crippen molar-refractivity contribution in [2.24, 2.45) is 5.73 Å². The fourth-order valence-electron chi connectivity index (χ4n) is 4.42. The first-order valence-electron chi connectivity index (χ1n) is 15.8. The molecule has 39 heavy (non-hydrogen) atoms. The molecule has 0 aromatic rings. The Morgan fingerprint density at radius 2 is 1.31 bits per heavy atom. The molecule has 9 heteroatoms. The van der Waals surface area contributed by atoms with Crippen LogP contribution in [-0.2, 0) is 18.4 Å². The van der Waals surface area contributed by atoms with Crippen LogP contribution in [0, 0.1) is 0 Å². The number of aliphatic hydroxyl groups excluding tert-OH is 1. The van der Waals surface area contributed by atoms with Crippen molar-refractivity contribution in [1.29, 1.82) is 0 Å². The highest BCUT2D eigenvalue weighted by Gasteiger charge is 2.26. The van der Waals surface area contributed by atoms with Crippen LogP contribution in [0.2, 0.25) is 0 Å². The fourth-order valence-corrected chi connectivity index (χ4v) is 5.18. The van der Waals surface area contributed by atoms with Gasteiger partial charge in [0, 0.05) is 13.0 Å². The van der Waals surface area contributed by atoms with E-state index in [2.05, 4.69) is 19.2 Å². The second kappa shape index (κ2) is 27.4. The smallest absolute Gasteiger partial charge is 0.387 e. The maximum Gasteiger partial charge on any atom is 0.472 e. The number of carbonyl (C=O) groups is 1. The molecular formula is C30H61N2O6P. The molecule has 0 saturated carbocycles. The molecule has 0 spiro atoms. The Balaban J connectivity index is 4.44. The minimum absolute atomic E-state index is 0.0804. The molecule has 0 saturated heterocycles. The number of allylic oxidation sites excluding steroid dienone is 1. The summed E-state index contributed by atoms with van der Waals surface area (Å²) in [6, 6.07) is -0.850. The Morgan fingerprint density at radius 1 is 0.821 bits per heavy atom. The van der Waals surface area contributed by atoms with Gasteiger partial charge in [0.25, 0.3) is 0 Å². The lowest BCUT2D eigenvalue weighted by Crippen LogP contribution is -2.45. The summed E-state index contributed by atoms with van der Waals surface area (Å²) in [7, 11) is -4.31. The van der Waals surface area contributed by atoms with E-state index in [1.807, 2.05) is 6.08 Å². The van der Waals surface area contributed by atoms with Crippen molar-refractivity contribution >= 4 is 13.7 Å². The number of rotatable bonds is 29. The normalized spacial score (nSPS) is 14.9. The van der Waals surface area contributed by atoms with Crippen LogP contribution in [-0.4, -0.2) is 47.8 Å². The van der Waals surface area contributed by atoms with E-state index in [1.54, 1.807) is 6.08 Å². The summed E-state index contributed by atoms with van der Waals surface area (Å²) in [6.07, 6.45) is 25.5. The van der Waals surface area contributed by atoms with E-state index in [1.165, 1.54) is 83.5 Å². The third kappa shape index (κ3) is 25.9. The van der Waals surface area contributed by atoms with E-state index >= 15 is 0 Å². The van der Waals surface area contributed by atoms with Gasteiger partial charge in [0.05, 0.1) is 25.4 Å². The average Bonchev–Trinajstić information content (AvgIpc) is 2.91. The fraction of sp³-hybridized carbons (Fsp3) is 0.900. The summed E-state index contributed by atoms with van der Waals surface area (Å²) < 4.78 is 21.9. The zero-order valence-electron chi connectivity index (χ0n) is 25.1. The number of hydrogen-bond acceptors (Lipinski definition) is 6. The van der Waals surface area contributed by atoms with E-state index in [9.17, 15) is 19.4 Å². The topological polar surface area (TPSA) is 131 Å². The van der Waals surface area contributed by atoms with Crippen molar-refractivity contribution in [1.82, 2.24) is 5.32 Å². The van der Waals surface area contributed by atoms with Gasteiger partial charge in [-0.25, -0.2) is 4.57 Å². The number of carbonyl (C=O) groups excluding carboxylic acids is 1. The van der Waals surface area contributed by atoms with Crippen LogP contribution in [0.4, 0.5) is 0 Å². The molecule has 0 aromatic carbocycles. The Hall–Kier alpha value is -0.760. The molecule has 0 bridgehead atoms. The zero-order valence-corrected chi connectivity index (χ0v) is 26.0. The van der Waals surface area contributed by atoms with Gasteiger partial charge in [0.2, 0.25) is 5.91 Å². The Morgan fingerprint density at radius 3 is 1.82 bits per heavy atom. The standard InChI is InChI=1S/C30H61N2O6P/c1-3-5-7-9-11-13-14-15-16-17-19-21-23-29(33)28(27-38-39(35,36)37-26-25-31)32-30(34)24-22-20-18-12-10-8-6-4-2/h21,23,28-29,33H,3-20,22,24-27,31H2,1-2H3,(H,32,34)(H,35,36)/b23-21+/t28-,29+/m0/s1. The Kier molecular flexibility index (Phi) is 26.9. The average molecular weight is 577 g/mol. The van der Waals surface area contributed by atoms with E-state index in [4.69, 9.17) is 14.8 Å². The van der Waals surface area contributed by atoms with Crippen molar-refractivity contribution in [2.45, 2.75) is 154 Å². The lowest BCUT2D eigenvalue weighted by Gasteiger charge is -2.23. The predicted octanol–water partition coefficient (Wildman–Crippen LogP) is 7.32. The van der Waals surface area contributed by atoms with Crippen LogP contribution in [0.25, 0.3) is 0 Å². The molecule has 3 atom stereocenters. The van der Waals surface area contributed by atoms with Crippen LogP contribution in [0.5, 0.6) is 0 Å². The number of unbranched alkanes of at least 4 members (excludes halogenated alkanes) is 17. The summed E-state index contributed by atoms with van der Waals surface area (Å²) in [5.41, 5.74) is 5.32. The Bertz CT molecular complexity index is 635. The van der Waals surface area contributed by atoms with E-state index in [0.29, 0.717) is 6.42 Å². The van der Waals surface area contributed by atoms with Crippen LogP contribution in [0.15, 0.2) is 12.2 Å². The van der Waals surface area contributed by atoms with Crippen LogP contribution in [0.3, 0.4) is 0 Å². The minimum Gasteiger partial charge on any atom is -0.387 e. The number of nitrogens with one attached hydrogen (secondary N) is 1. The molecule has 5 N–H and O–H groups in total. The maximum atomic E-state index is 12.5. The summed E-state index contributed by atoms with van der Waals surface area (Å²) in [5, 5.41) is 13.5. The minimum atomic E-state index is -4.31. The molecule has 0 aliphatic rings. The van der Waals surface area contributed by atoms with Gasteiger partial charge in [-0.2, -0.15) is 0 Å². The molecule has 0 aliphatic heterocycles. The summed E-state index contributed by atoms with van der Waals surface area (Å²) >= 11 is 0. The number of nitrogens with two attached hydrogens (primary N) is 1. The highest BCUT2D eigenvalue weighted by atomic mass is 31.2. The van der Waals surface area contributed by atoms with Gasteiger partial charge in [-0.1, -0.05) is 129 Å². The first kappa shape index (κ1) is 38.2. The highest BCUT2D eigenvalue weighted by molar-refractivity contribution is 7.47. The molecular weight excluding hydrogens is 515 g/mol. The number of phosphoric ester groups is 1. The largest absolute Gasteiger partial charge is 0.472 e. The van der Waals surface area contributed by atoms with Gasteiger partial charge >= 0.3 is 7.82 Å². The molecule has 1 amide bonds. The zero-order chi connectivity index (χ0) is 29.0. The van der Waals surface area contributed by atoms with Gasteiger partial charge < -0.3 is 21.1 Å². The summed E-state index contributed by atoms with van der Waals surface area (Å²) in [5.74, 6) is -0.202. The van der Waals surface area contributed by atoms with Gasteiger partial charge in [0.15, 0.2) is 0 Å². The number of hydrogen-bond donors (Lipinski definition) is 4. The van der Waals surface area contributed by atoms with Gasteiger partial charge in [-0.05, 0) is 19.3 Å². The van der Waals surface area contributed by atoms with Gasteiger partial charge in [-0.15, -0.1) is 0 Å². The lowest BCUT2D eigenvalue weighted by molar-refractivity contribution is -0.123. The first-order chi connectivity index (χ1) is 18.9. The molecule has 0 aliphatic carbocycles. The molecule has 0 fully saturated rings. The van der Waals surface area contributed by atoms with Crippen molar-refractivity contribution in [3.8, 4) is 0 Å². The second-order valence-corrected chi connectivity index (χ2v) is 12.1. The second-order valence-electron chi connectivity index (χ2n) is 10.7. The van der Waals surface area contributed by atoms with Crippen LogP contribution >= 0.6 is 7.82 Å². The summed E-state index contributed by atoms with van der Waals surface area (Å²) in [6.45, 7) is 4.06. The van der Waals surface area contributed by atoms with Crippen LogP contribution in [0.1, 0.15) is 142 Å². The van der Waals surface area contributed by atoms with Crippen molar-refractivity contribution in [2.75, 3.05) is 19.8 Å². The van der Waals surface area contributed by atoms with Gasteiger partial charge in [0.1, 0.15) is 0 Å². The van der Waals surface area contributed by atoms with Crippen LogP contribution < -0.4 is 11.1 Å². The lowest BCUT2D eigenvalue weighted by atomic mass is 10.1. The predicted molar refractivity (Wildman–Crippen MR) is 162 cm³/mol. The number of amides is 1. The molecule has 1 unspecified atom stereocenters. The van der Waals surface area contributed by atoms with E-state index in [-0.39, 0.29) is 25.7 Å². The van der Waals surface area contributed by atoms with E-state index < -0.39 is 20.0 Å². The third-order valence-electron chi connectivity index (χ3n) is 6.86. The highest BCUT2D eigenvalue weighted by Crippen LogP contribution is 2.43. The number of aliphatic hydroxyl groups is 1. The summed E-state index contributed by atoms with van der Waals surface area (Å²) in [4.78, 5) is 22.3. The van der Waals surface area contributed by atoms with E-state index in [0.717, 1.165) is 38.5 Å². The maximum absolute atomic E-state index is 12.5. The number of phosphoric acid groups is 1. The van der Waals surface area contributed by atoms with Crippen molar-refractivity contribution in [3.63, 3.8) is 0 Å². The SMILES string of the molecule is CCCCCCCCCCCC/C=C/[C@@H](O)[C@H](COP(=O)(O)OCCN)NC(=O)CCCCCCCCCC. The van der Waals surface area contributed by atoms with Crippen molar-refractivity contribution < 1.29 is 28.4 Å². The van der Waals surface area contributed by atoms with Gasteiger partial charge in [-0.3, -0.25) is 13.8 Å². The molecule has 0 radical (unpaired) electrons. The first-order valence-corrected chi connectivity index (χ1v) is 17.3. The molecule has 232 valence electrons.